The maximum absolute atomic E-state index is 12.6. The SMILES string of the molecule is C=C[C@@H](CO[Si](c1ccccc1)(c1ccccc1)C(C)(C)C)N(C=O)C(=O)OC(C)(C)C. The van der Waals surface area contributed by atoms with Crippen molar-refractivity contribution < 1.29 is 18.8 Å². The van der Waals surface area contributed by atoms with E-state index in [1.165, 1.54) is 0 Å². The minimum atomic E-state index is -2.81. The molecule has 0 saturated carbocycles. The molecule has 2 rings (SSSR count). The van der Waals surface area contributed by atoms with Crippen molar-refractivity contribution in [3.8, 4) is 0 Å². The monoisotopic (exact) mass is 453 g/mol. The fourth-order valence-electron chi connectivity index (χ4n) is 3.81. The minimum absolute atomic E-state index is 0.120. The van der Waals surface area contributed by atoms with E-state index in [2.05, 4.69) is 51.6 Å². The molecule has 0 unspecified atom stereocenters. The zero-order chi connectivity index (χ0) is 24.0. The maximum Gasteiger partial charge on any atom is 0.417 e. The molecule has 32 heavy (non-hydrogen) atoms. The standard InChI is InChI=1S/C26H35NO4Si/c1-8-21(27(20-28)24(29)31-25(2,3)4)19-30-32(26(5,6)7,22-15-11-9-12-16-22)23-17-13-10-14-18-23/h8-18,20-21H,1,19H2,2-7H3/t21-/m0/s1. The lowest BCUT2D eigenvalue weighted by Gasteiger charge is -2.44. The number of nitrogens with zero attached hydrogens (tertiary/aromatic N) is 1. The average molecular weight is 454 g/mol. The number of hydrogen-bond donors (Lipinski definition) is 0. The molecule has 0 aliphatic heterocycles. The molecule has 0 N–H and O–H groups in total. The Balaban J connectivity index is 2.49. The first-order valence-electron chi connectivity index (χ1n) is 10.8. The van der Waals surface area contributed by atoms with Crippen molar-refractivity contribution in [1.29, 1.82) is 0 Å². The molecule has 2 aromatic carbocycles. The lowest BCUT2D eigenvalue weighted by molar-refractivity contribution is -0.119. The van der Waals surface area contributed by atoms with Crippen molar-refractivity contribution in [2.75, 3.05) is 6.61 Å². The zero-order valence-corrected chi connectivity index (χ0v) is 21.0. The van der Waals surface area contributed by atoms with Gasteiger partial charge in [0.1, 0.15) is 5.60 Å². The van der Waals surface area contributed by atoms with Crippen LogP contribution < -0.4 is 10.4 Å². The lowest BCUT2D eigenvalue weighted by Crippen LogP contribution is -2.67. The zero-order valence-electron chi connectivity index (χ0n) is 20.0. The summed E-state index contributed by atoms with van der Waals surface area (Å²) in [6, 6.07) is 19.7. The Morgan fingerprint density at radius 2 is 1.44 bits per heavy atom. The number of carbonyl (C=O) groups excluding carboxylic acids is 2. The molecule has 2 aromatic rings. The molecule has 6 heteroatoms. The topological polar surface area (TPSA) is 55.8 Å². The van der Waals surface area contributed by atoms with Crippen LogP contribution in [0, 0.1) is 0 Å². The number of ether oxygens (including phenoxy) is 1. The predicted molar refractivity (Wildman–Crippen MR) is 132 cm³/mol. The molecule has 1 atom stereocenters. The number of amides is 2. The van der Waals surface area contributed by atoms with Crippen LogP contribution in [0.4, 0.5) is 4.79 Å². The van der Waals surface area contributed by atoms with Crippen molar-refractivity contribution in [1.82, 2.24) is 4.90 Å². The van der Waals surface area contributed by atoms with Gasteiger partial charge < -0.3 is 9.16 Å². The second-order valence-electron chi connectivity index (χ2n) is 9.77. The largest absolute Gasteiger partial charge is 0.443 e. The van der Waals surface area contributed by atoms with E-state index in [0.29, 0.717) is 6.41 Å². The van der Waals surface area contributed by atoms with E-state index in [9.17, 15) is 9.59 Å². The normalized spacial score (nSPS) is 13.2. The van der Waals surface area contributed by atoms with Gasteiger partial charge in [-0.1, -0.05) is 87.5 Å². The van der Waals surface area contributed by atoms with Crippen molar-refractivity contribution in [2.24, 2.45) is 0 Å². The third-order valence-electron chi connectivity index (χ3n) is 5.23. The average Bonchev–Trinajstić information content (AvgIpc) is 2.72. The van der Waals surface area contributed by atoms with Gasteiger partial charge in [-0.05, 0) is 36.2 Å². The molecule has 0 radical (unpaired) electrons. The van der Waals surface area contributed by atoms with Gasteiger partial charge in [0, 0.05) is 0 Å². The summed E-state index contributed by atoms with van der Waals surface area (Å²) in [4.78, 5) is 25.5. The molecule has 2 amide bonds. The summed E-state index contributed by atoms with van der Waals surface area (Å²) in [5.41, 5.74) is -0.719. The highest BCUT2D eigenvalue weighted by Crippen LogP contribution is 2.37. The molecule has 0 aliphatic carbocycles. The van der Waals surface area contributed by atoms with E-state index in [1.807, 2.05) is 36.4 Å². The van der Waals surface area contributed by atoms with Crippen LogP contribution in [-0.2, 0) is 14.0 Å². The highest BCUT2D eigenvalue weighted by Gasteiger charge is 2.50. The summed E-state index contributed by atoms with van der Waals surface area (Å²) >= 11 is 0. The fourth-order valence-corrected chi connectivity index (χ4v) is 8.38. The van der Waals surface area contributed by atoms with Crippen LogP contribution in [0.15, 0.2) is 73.3 Å². The van der Waals surface area contributed by atoms with Gasteiger partial charge in [-0.3, -0.25) is 4.79 Å². The summed E-state index contributed by atoms with van der Waals surface area (Å²) in [7, 11) is -2.81. The summed E-state index contributed by atoms with van der Waals surface area (Å²) in [5, 5.41) is 2.02. The Morgan fingerprint density at radius 3 is 1.78 bits per heavy atom. The van der Waals surface area contributed by atoms with Crippen molar-refractivity contribution in [2.45, 2.75) is 58.2 Å². The van der Waals surface area contributed by atoms with Crippen LogP contribution in [0.2, 0.25) is 5.04 Å². The third kappa shape index (κ3) is 5.75. The smallest absolute Gasteiger partial charge is 0.417 e. The van der Waals surface area contributed by atoms with Gasteiger partial charge in [-0.25, -0.2) is 9.69 Å². The fraction of sp³-hybridized carbons (Fsp3) is 0.385. The van der Waals surface area contributed by atoms with Gasteiger partial charge in [-0.2, -0.15) is 0 Å². The predicted octanol–water partition coefficient (Wildman–Crippen LogP) is 4.51. The summed E-state index contributed by atoms with van der Waals surface area (Å²) < 4.78 is 12.2. The van der Waals surface area contributed by atoms with Crippen molar-refractivity contribution in [3.05, 3.63) is 73.3 Å². The first kappa shape index (κ1) is 25.6. The van der Waals surface area contributed by atoms with E-state index in [4.69, 9.17) is 9.16 Å². The Bertz CT molecular complexity index is 861. The van der Waals surface area contributed by atoms with E-state index < -0.39 is 26.1 Å². The quantitative estimate of drug-likeness (QED) is 0.335. The lowest BCUT2D eigenvalue weighted by atomic mass is 10.2. The highest BCUT2D eigenvalue weighted by atomic mass is 28.4. The summed E-state index contributed by atoms with van der Waals surface area (Å²) in [6.07, 6.45) is 1.31. The molecular formula is C26H35NO4Si. The second-order valence-corrected chi connectivity index (χ2v) is 14.1. The van der Waals surface area contributed by atoms with E-state index in [1.54, 1.807) is 26.8 Å². The third-order valence-corrected chi connectivity index (χ3v) is 10.2. The van der Waals surface area contributed by atoms with E-state index >= 15 is 0 Å². The Labute approximate surface area is 193 Å². The van der Waals surface area contributed by atoms with Crippen LogP contribution in [-0.4, -0.2) is 44.0 Å². The number of benzene rings is 2. The van der Waals surface area contributed by atoms with Gasteiger partial charge in [-0.15, -0.1) is 6.58 Å². The van der Waals surface area contributed by atoms with Crippen molar-refractivity contribution in [3.63, 3.8) is 0 Å². The molecule has 0 fully saturated rings. The van der Waals surface area contributed by atoms with E-state index in [-0.39, 0.29) is 11.6 Å². The van der Waals surface area contributed by atoms with Crippen LogP contribution in [0.3, 0.4) is 0 Å². The first-order chi connectivity index (χ1) is 15.0. The molecule has 0 spiro atoms. The molecule has 0 aromatic heterocycles. The molecule has 0 bridgehead atoms. The van der Waals surface area contributed by atoms with Gasteiger partial charge in [0.05, 0.1) is 12.6 Å². The Morgan fingerprint density at radius 1 is 0.969 bits per heavy atom. The van der Waals surface area contributed by atoms with Crippen LogP contribution >= 0.6 is 0 Å². The van der Waals surface area contributed by atoms with Crippen molar-refractivity contribution >= 4 is 31.2 Å². The first-order valence-corrected chi connectivity index (χ1v) is 12.7. The molecule has 172 valence electrons. The number of carbonyl (C=O) groups is 2. The number of hydrogen-bond acceptors (Lipinski definition) is 4. The number of imide groups is 1. The Kier molecular flexibility index (Phi) is 8.21. The second kappa shape index (κ2) is 10.3. The molecule has 5 nitrogen and oxygen atoms in total. The van der Waals surface area contributed by atoms with Crippen LogP contribution in [0.25, 0.3) is 0 Å². The minimum Gasteiger partial charge on any atom is -0.443 e. The number of rotatable bonds is 8. The van der Waals surface area contributed by atoms with Gasteiger partial charge in [0.15, 0.2) is 0 Å². The van der Waals surface area contributed by atoms with Crippen LogP contribution in [0.1, 0.15) is 41.5 Å². The summed E-state index contributed by atoms with van der Waals surface area (Å²) in [6.45, 7) is 15.8. The maximum atomic E-state index is 12.6. The van der Waals surface area contributed by atoms with Gasteiger partial charge in [0.2, 0.25) is 6.41 Å². The highest BCUT2D eigenvalue weighted by molar-refractivity contribution is 6.99. The molecule has 0 heterocycles. The molecular weight excluding hydrogens is 418 g/mol. The van der Waals surface area contributed by atoms with Gasteiger partial charge >= 0.3 is 6.09 Å². The van der Waals surface area contributed by atoms with E-state index in [0.717, 1.165) is 15.3 Å². The van der Waals surface area contributed by atoms with Gasteiger partial charge in [0.25, 0.3) is 8.32 Å². The summed E-state index contributed by atoms with van der Waals surface area (Å²) in [5.74, 6) is 0. The van der Waals surface area contributed by atoms with Crippen LogP contribution in [0.5, 0.6) is 0 Å². The Hall–Kier alpha value is -2.70. The molecule has 0 saturated heterocycles. The molecule has 0 aliphatic rings.